The van der Waals surface area contributed by atoms with E-state index < -0.39 is 0 Å². The van der Waals surface area contributed by atoms with Crippen molar-refractivity contribution in [2.24, 2.45) is 0 Å². The number of benzene rings is 1. The minimum absolute atomic E-state index is 0.0115. The molecule has 0 saturated heterocycles. The number of aliphatic hydroxyl groups excluding tert-OH is 1. The zero-order valence-corrected chi connectivity index (χ0v) is 10.5. The van der Waals surface area contributed by atoms with E-state index in [1.807, 2.05) is 43.5 Å². The molecule has 0 aliphatic carbocycles. The maximum Gasteiger partial charge on any atom is 0.126 e. The van der Waals surface area contributed by atoms with Crippen LogP contribution in [0.1, 0.15) is 11.1 Å². The van der Waals surface area contributed by atoms with Crippen LogP contribution in [0.15, 0.2) is 48.7 Å². The third-order valence-electron chi connectivity index (χ3n) is 2.81. The number of rotatable bonds is 5. The van der Waals surface area contributed by atoms with Gasteiger partial charge in [-0.25, -0.2) is 4.98 Å². The molecule has 94 valence electrons. The molecule has 0 fully saturated rings. The highest BCUT2D eigenvalue weighted by Gasteiger charge is 2.08. The van der Waals surface area contributed by atoms with Crippen molar-refractivity contribution in [2.75, 3.05) is 11.9 Å². The van der Waals surface area contributed by atoms with Crippen molar-refractivity contribution in [1.29, 1.82) is 0 Å². The Morgan fingerprint density at radius 3 is 2.56 bits per heavy atom. The number of anilines is 1. The van der Waals surface area contributed by atoms with Crippen molar-refractivity contribution in [3.05, 3.63) is 59.8 Å². The van der Waals surface area contributed by atoms with Crippen LogP contribution in [-0.4, -0.2) is 22.7 Å². The molecule has 0 saturated carbocycles. The van der Waals surface area contributed by atoms with Gasteiger partial charge in [-0.1, -0.05) is 36.4 Å². The van der Waals surface area contributed by atoms with Crippen molar-refractivity contribution in [2.45, 2.75) is 19.4 Å². The average molecular weight is 242 g/mol. The average Bonchev–Trinajstić information content (AvgIpc) is 2.41. The smallest absolute Gasteiger partial charge is 0.126 e. The topological polar surface area (TPSA) is 45.1 Å². The number of nitrogens with zero attached hydrogens (tertiary/aromatic N) is 1. The number of pyridine rings is 1. The molecule has 3 nitrogen and oxygen atoms in total. The predicted octanol–water partition coefficient (Wildman–Crippen LogP) is 2.41. The summed E-state index contributed by atoms with van der Waals surface area (Å²) < 4.78 is 0. The lowest BCUT2D eigenvalue weighted by Gasteiger charge is -2.17. The van der Waals surface area contributed by atoms with Crippen LogP contribution < -0.4 is 5.32 Å². The number of aromatic nitrogens is 1. The lowest BCUT2D eigenvalue weighted by atomic mass is 10.1. The maximum atomic E-state index is 9.41. The third kappa shape index (κ3) is 3.57. The lowest BCUT2D eigenvalue weighted by molar-refractivity contribution is 0.273. The zero-order chi connectivity index (χ0) is 12.8. The second kappa shape index (κ2) is 6.17. The van der Waals surface area contributed by atoms with Gasteiger partial charge in [0.15, 0.2) is 0 Å². The summed E-state index contributed by atoms with van der Waals surface area (Å²) >= 11 is 0. The molecule has 0 bridgehead atoms. The van der Waals surface area contributed by atoms with E-state index in [1.165, 1.54) is 5.56 Å². The first-order valence-corrected chi connectivity index (χ1v) is 6.12. The molecule has 0 amide bonds. The number of nitrogens with one attached hydrogen (secondary N) is 1. The molecule has 1 atom stereocenters. The minimum Gasteiger partial charge on any atom is -0.394 e. The molecular formula is C15H18N2O. The minimum atomic E-state index is -0.0115. The van der Waals surface area contributed by atoms with Crippen LogP contribution in [-0.2, 0) is 6.42 Å². The highest BCUT2D eigenvalue weighted by Crippen LogP contribution is 2.09. The van der Waals surface area contributed by atoms with E-state index in [1.54, 1.807) is 0 Å². The molecule has 0 aliphatic rings. The Morgan fingerprint density at radius 1 is 1.17 bits per heavy atom. The van der Waals surface area contributed by atoms with Crippen LogP contribution in [0.5, 0.6) is 0 Å². The summed E-state index contributed by atoms with van der Waals surface area (Å²) in [6, 6.07) is 14.1. The number of aryl methyl sites for hydroxylation is 1. The van der Waals surface area contributed by atoms with Gasteiger partial charge in [0.05, 0.1) is 12.6 Å². The van der Waals surface area contributed by atoms with Gasteiger partial charge in [-0.2, -0.15) is 0 Å². The largest absolute Gasteiger partial charge is 0.394 e. The Kier molecular flexibility index (Phi) is 4.31. The van der Waals surface area contributed by atoms with Gasteiger partial charge in [0.25, 0.3) is 0 Å². The van der Waals surface area contributed by atoms with Crippen molar-refractivity contribution in [3.8, 4) is 0 Å². The van der Waals surface area contributed by atoms with E-state index in [0.29, 0.717) is 0 Å². The van der Waals surface area contributed by atoms with Crippen molar-refractivity contribution in [3.63, 3.8) is 0 Å². The molecule has 2 aromatic rings. The predicted molar refractivity (Wildman–Crippen MR) is 73.6 cm³/mol. The molecule has 1 unspecified atom stereocenters. The van der Waals surface area contributed by atoms with Crippen LogP contribution in [0.25, 0.3) is 0 Å². The summed E-state index contributed by atoms with van der Waals surface area (Å²) in [5, 5.41) is 12.7. The molecule has 18 heavy (non-hydrogen) atoms. The van der Waals surface area contributed by atoms with Crippen LogP contribution in [0.3, 0.4) is 0 Å². The lowest BCUT2D eigenvalue weighted by Crippen LogP contribution is -2.26. The summed E-state index contributed by atoms with van der Waals surface area (Å²) in [7, 11) is 0. The van der Waals surface area contributed by atoms with E-state index in [9.17, 15) is 5.11 Å². The molecule has 2 N–H and O–H groups in total. The first-order chi connectivity index (χ1) is 8.78. The maximum absolute atomic E-state index is 9.41. The highest BCUT2D eigenvalue weighted by molar-refractivity contribution is 5.37. The van der Waals surface area contributed by atoms with Crippen LogP contribution in [0.2, 0.25) is 0 Å². The number of hydrogen-bond donors (Lipinski definition) is 2. The van der Waals surface area contributed by atoms with Gasteiger partial charge in [0, 0.05) is 6.20 Å². The summed E-state index contributed by atoms with van der Waals surface area (Å²) in [5.74, 6) is 0.801. The van der Waals surface area contributed by atoms with Gasteiger partial charge in [0.1, 0.15) is 5.82 Å². The number of aliphatic hydroxyl groups is 1. The van der Waals surface area contributed by atoms with E-state index >= 15 is 0 Å². The summed E-state index contributed by atoms with van der Waals surface area (Å²) in [4.78, 5) is 4.29. The van der Waals surface area contributed by atoms with Gasteiger partial charge in [0.2, 0.25) is 0 Å². The van der Waals surface area contributed by atoms with Crippen LogP contribution in [0.4, 0.5) is 5.82 Å². The van der Waals surface area contributed by atoms with Crippen molar-refractivity contribution < 1.29 is 5.11 Å². The molecule has 0 radical (unpaired) electrons. The van der Waals surface area contributed by atoms with E-state index in [-0.39, 0.29) is 12.6 Å². The van der Waals surface area contributed by atoms with E-state index in [4.69, 9.17) is 0 Å². The Labute approximate surface area is 108 Å². The normalized spacial score (nSPS) is 12.1. The third-order valence-corrected chi connectivity index (χ3v) is 2.81. The molecule has 0 aliphatic heterocycles. The molecule has 2 rings (SSSR count). The SMILES string of the molecule is Cc1ccc(NC(CO)Cc2ccccc2)nc1. The zero-order valence-electron chi connectivity index (χ0n) is 10.5. The Balaban J connectivity index is 1.99. The fourth-order valence-electron chi connectivity index (χ4n) is 1.82. The Hall–Kier alpha value is -1.87. The molecule has 0 spiro atoms. The second-order valence-corrected chi connectivity index (χ2v) is 4.43. The molecule has 3 heteroatoms. The Morgan fingerprint density at radius 2 is 1.94 bits per heavy atom. The van der Waals surface area contributed by atoms with Gasteiger partial charge in [-0.15, -0.1) is 0 Å². The Bertz CT molecular complexity index is 468. The van der Waals surface area contributed by atoms with E-state index in [0.717, 1.165) is 17.8 Å². The molecule has 1 heterocycles. The van der Waals surface area contributed by atoms with Crippen molar-refractivity contribution >= 4 is 5.82 Å². The molecule has 1 aromatic carbocycles. The fourth-order valence-corrected chi connectivity index (χ4v) is 1.82. The standard InChI is InChI=1S/C15H18N2O/c1-12-7-8-15(16-10-12)17-14(11-18)9-13-5-3-2-4-6-13/h2-8,10,14,18H,9,11H2,1H3,(H,16,17). The van der Waals surface area contributed by atoms with Gasteiger partial charge >= 0.3 is 0 Å². The van der Waals surface area contributed by atoms with Crippen LogP contribution >= 0.6 is 0 Å². The van der Waals surface area contributed by atoms with Gasteiger partial charge in [-0.3, -0.25) is 0 Å². The fraction of sp³-hybridized carbons (Fsp3) is 0.267. The molecule has 1 aromatic heterocycles. The number of hydrogen-bond acceptors (Lipinski definition) is 3. The highest BCUT2D eigenvalue weighted by atomic mass is 16.3. The van der Waals surface area contributed by atoms with Gasteiger partial charge < -0.3 is 10.4 Å². The summed E-state index contributed by atoms with van der Waals surface area (Å²) in [5.41, 5.74) is 2.33. The van der Waals surface area contributed by atoms with E-state index in [2.05, 4.69) is 22.4 Å². The van der Waals surface area contributed by atoms with Crippen LogP contribution in [0, 0.1) is 6.92 Å². The summed E-state index contributed by atoms with van der Waals surface area (Å²) in [6.45, 7) is 2.09. The second-order valence-electron chi connectivity index (χ2n) is 4.43. The monoisotopic (exact) mass is 242 g/mol. The van der Waals surface area contributed by atoms with Gasteiger partial charge in [-0.05, 0) is 30.5 Å². The van der Waals surface area contributed by atoms with Crippen molar-refractivity contribution in [1.82, 2.24) is 4.98 Å². The molecular weight excluding hydrogens is 224 g/mol. The summed E-state index contributed by atoms with van der Waals surface area (Å²) in [6.07, 6.45) is 2.60. The quantitative estimate of drug-likeness (QED) is 0.846. The first kappa shape index (κ1) is 12.6. The first-order valence-electron chi connectivity index (χ1n) is 6.12.